The largest absolute Gasteiger partial charge is 0.462 e. The topological polar surface area (TPSA) is 95.9 Å². The molecule has 0 aromatic carbocycles. The van der Waals surface area contributed by atoms with Gasteiger partial charge in [-0.25, -0.2) is 0 Å². The number of carbonyl (C=O) groups excluding carboxylic acids is 2. The quantitative estimate of drug-likeness (QED) is 0.0323. The van der Waals surface area contributed by atoms with E-state index in [9.17, 15) is 19.8 Å². The molecule has 1 amide bonds. The number of rotatable bonds is 43. The molecule has 0 aromatic rings. The first-order chi connectivity index (χ1) is 29.0. The SMILES string of the molecule is CC/C=C\C/C=C\C/C=C\C/C=C\C/C=C\CCCC(=O)OC(CCCCC/C=C/CCCCCCCCC)CC(=O)NC(CO)C(O)CCCCCCCCCCC. The molecule has 340 valence electrons. The van der Waals surface area contributed by atoms with Crippen molar-refractivity contribution in [1.29, 1.82) is 0 Å². The molecule has 3 atom stereocenters. The zero-order chi connectivity index (χ0) is 43.1. The predicted octanol–water partition coefficient (Wildman–Crippen LogP) is 14.6. The van der Waals surface area contributed by atoms with Crippen molar-refractivity contribution in [1.82, 2.24) is 5.32 Å². The zero-order valence-electron chi connectivity index (χ0n) is 38.6. The van der Waals surface area contributed by atoms with Gasteiger partial charge in [0.25, 0.3) is 0 Å². The first kappa shape index (κ1) is 56.3. The Hall–Kier alpha value is -2.70. The van der Waals surface area contributed by atoms with Crippen LogP contribution in [-0.2, 0) is 14.3 Å². The van der Waals surface area contributed by atoms with E-state index in [0.29, 0.717) is 25.7 Å². The highest BCUT2D eigenvalue weighted by Gasteiger charge is 2.24. The molecule has 0 radical (unpaired) electrons. The van der Waals surface area contributed by atoms with Gasteiger partial charge in [0.2, 0.25) is 5.91 Å². The number of nitrogens with one attached hydrogen (secondary N) is 1. The Balaban J connectivity index is 4.71. The van der Waals surface area contributed by atoms with Crippen LogP contribution in [0.3, 0.4) is 0 Å². The molecular weight excluding hydrogens is 731 g/mol. The molecule has 0 aliphatic carbocycles. The Kier molecular flexibility index (Phi) is 44.2. The van der Waals surface area contributed by atoms with Crippen LogP contribution in [0.15, 0.2) is 72.9 Å². The minimum Gasteiger partial charge on any atom is -0.462 e. The highest BCUT2D eigenvalue weighted by Crippen LogP contribution is 2.16. The van der Waals surface area contributed by atoms with E-state index in [1.807, 2.05) is 0 Å². The molecule has 6 heteroatoms. The van der Waals surface area contributed by atoms with E-state index < -0.39 is 18.2 Å². The number of allylic oxidation sites excluding steroid dienone is 12. The molecule has 0 saturated heterocycles. The lowest BCUT2D eigenvalue weighted by atomic mass is 10.0. The zero-order valence-corrected chi connectivity index (χ0v) is 38.6. The van der Waals surface area contributed by atoms with Crippen LogP contribution in [-0.4, -0.2) is 46.9 Å². The molecule has 0 aliphatic heterocycles. The lowest BCUT2D eigenvalue weighted by molar-refractivity contribution is -0.151. The molecule has 0 heterocycles. The smallest absolute Gasteiger partial charge is 0.306 e. The summed E-state index contributed by atoms with van der Waals surface area (Å²) in [5, 5.41) is 23.6. The third-order valence-electron chi connectivity index (χ3n) is 10.8. The Morgan fingerprint density at radius 3 is 1.42 bits per heavy atom. The van der Waals surface area contributed by atoms with Crippen molar-refractivity contribution in [2.45, 2.75) is 244 Å². The summed E-state index contributed by atoms with van der Waals surface area (Å²) in [4.78, 5) is 26.0. The summed E-state index contributed by atoms with van der Waals surface area (Å²) in [5.74, 6) is -0.562. The van der Waals surface area contributed by atoms with Crippen molar-refractivity contribution in [3.05, 3.63) is 72.9 Å². The predicted molar refractivity (Wildman–Crippen MR) is 255 cm³/mol. The van der Waals surface area contributed by atoms with Gasteiger partial charge in [-0.3, -0.25) is 9.59 Å². The average molecular weight is 824 g/mol. The summed E-state index contributed by atoms with van der Waals surface area (Å²) in [7, 11) is 0. The van der Waals surface area contributed by atoms with Crippen LogP contribution in [0.5, 0.6) is 0 Å². The summed E-state index contributed by atoms with van der Waals surface area (Å²) >= 11 is 0. The lowest BCUT2D eigenvalue weighted by Crippen LogP contribution is -2.46. The van der Waals surface area contributed by atoms with Crippen molar-refractivity contribution in [2.24, 2.45) is 0 Å². The molecule has 0 rings (SSSR count). The van der Waals surface area contributed by atoms with Gasteiger partial charge in [0.05, 0.1) is 25.2 Å². The van der Waals surface area contributed by atoms with Gasteiger partial charge in [-0.2, -0.15) is 0 Å². The summed E-state index contributed by atoms with van der Waals surface area (Å²) in [6, 6.07) is -0.718. The molecule has 0 bridgehead atoms. The van der Waals surface area contributed by atoms with Crippen LogP contribution in [0.2, 0.25) is 0 Å². The molecule has 0 spiro atoms. The lowest BCUT2D eigenvalue weighted by Gasteiger charge is -2.24. The molecule has 59 heavy (non-hydrogen) atoms. The number of amides is 1. The van der Waals surface area contributed by atoms with Gasteiger partial charge >= 0.3 is 5.97 Å². The van der Waals surface area contributed by atoms with Crippen LogP contribution in [0.25, 0.3) is 0 Å². The monoisotopic (exact) mass is 824 g/mol. The normalized spacial score (nSPS) is 13.9. The van der Waals surface area contributed by atoms with Gasteiger partial charge in [-0.15, -0.1) is 0 Å². The number of hydrogen-bond acceptors (Lipinski definition) is 5. The number of esters is 1. The molecule has 3 unspecified atom stereocenters. The van der Waals surface area contributed by atoms with Crippen molar-refractivity contribution >= 4 is 11.9 Å². The van der Waals surface area contributed by atoms with E-state index in [0.717, 1.165) is 89.9 Å². The number of aliphatic hydroxyl groups excluding tert-OH is 2. The van der Waals surface area contributed by atoms with Crippen molar-refractivity contribution in [2.75, 3.05) is 6.61 Å². The summed E-state index contributed by atoms with van der Waals surface area (Å²) in [6.45, 7) is 6.32. The molecule has 0 aromatic heterocycles. The number of aliphatic hydroxyl groups is 2. The molecule has 6 nitrogen and oxygen atoms in total. The van der Waals surface area contributed by atoms with Gasteiger partial charge in [0, 0.05) is 6.42 Å². The molecule has 0 aliphatic rings. The standard InChI is InChI=1S/C53H93NO5/c1-4-7-10-13-16-19-21-23-25-26-27-29-31-34-37-40-43-46-53(58)59-49(44-41-38-35-33-30-28-24-22-20-17-14-11-8-5-2)47-52(57)54-50(48-55)51(56)45-42-39-36-32-18-15-12-9-6-3/h7,10,16,19,23,25,27-30,34,37,49-51,55-56H,4-6,8-9,11-15,17-18,20-22,24,26,31-33,35-36,38-48H2,1-3H3,(H,54,57)/b10-7-,19-16-,25-23-,29-27-,30-28+,37-34-. The summed E-state index contributed by atoms with van der Waals surface area (Å²) in [5.41, 5.74) is 0. The second-order valence-corrected chi connectivity index (χ2v) is 16.5. The molecule has 0 fully saturated rings. The minimum atomic E-state index is -0.802. The van der Waals surface area contributed by atoms with Gasteiger partial charge in [0.1, 0.15) is 6.10 Å². The highest BCUT2D eigenvalue weighted by molar-refractivity contribution is 5.77. The van der Waals surface area contributed by atoms with Crippen molar-refractivity contribution < 1.29 is 24.5 Å². The van der Waals surface area contributed by atoms with E-state index in [-0.39, 0.29) is 24.9 Å². The summed E-state index contributed by atoms with van der Waals surface area (Å²) < 4.78 is 5.88. The van der Waals surface area contributed by atoms with Crippen LogP contribution < -0.4 is 5.32 Å². The van der Waals surface area contributed by atoms with Gasteiger partial charge in [-0.05, 0) is 89.9 Å². The Morgan fingerprint density at radius 2 is 0.915 bits per heavy atom. The first-order valence-electron chi connectivity index (χ1n) is 24.7. The van der Waals surface area contributed by atoms with E-state index in [1.165, 1.54) is 83.5 Å². The van der Waals surface area contributed by atoms with E-state index in [4.69, 9.17) is 4.74 Å². The third-order valence-corrected chi connectivity index (χ3v) is 10.8. The Labute approximate surface area is 364 Å². The van der Waals surface area contributed by atoms with Crippen LogP contribution >= 0.6 is 0 Å². The number of carbonyl (C=O) groups is 2. The van der Waals surface area contributed by atoms with Gasteiger partial charge in [-0.1, -0.05) is 196 Å². The van der Waals surface area contributed by atoms with Crippen LogP contribution in [0, 0.1) is 0 Å². The second kappa shape index (κ2) is 46.4. The fraction of sp³-hybridized carbons (Fsp3) is 0.736. The molecule has 3 N–H and O–H groups in total. The fourth-order valence-corrected chi connectivity index (χ4v) is 7.05. The van der Waals surface area contributed by atoms with Crippen LogP contribution in [0.4, 0.5) is 0 Å². The first-order valence-corrected chi connectivity index (χ1v) is 24.7. The van der Waals surface area contributed by atoms with E-state index >= 15 is 0 Å². The third kappa shape index (κ3) is 41.8. The van der Waals surface area contributed by atoms with Gasteiger partial charge in [0.15, 0.2) is 0 Å². The average Bonchev–Trinajstić information content (AvgIpc) is 3.23. The summed E-state index contributed by atoms with van der Waals surface area (Å²) in [6.07, 6.45) is 58.2. The Morgan fingerprint density at radius 1 is 0.508 bits per heavy atom. The fourth-order valence-electron chi connectivity index (χ4n) is 7.05. The number of hydrogen-bond donors (Lipinski definition) is 3. The van der Waals surface area contributed by atoms with E-state index in [2.05, 4.69) is 99.0 Å². The number of ether oxygens (including phenoxy) is 1. The second-order valence-electron chi connectivity index (χ2n) is 16.5. The number of unbranched alkanes of at least 4 members (excludes halogenated alkanes) is 19. The maximum atomic E-state index is 13.1. The highest BCUT2D eigenvalue weighted by atomic mass is 16.5. The van der Waals surface area contributed by atoms with E-state index in [1.54, 1.807) is 0 Å². The van der Waals surface area contributed by atoms with Crippen LogP contribution in [0.1, 0.15) is 226 Å². The molecular formula is C53H93NO5. The Bertz CT molecular complexity index is 1110. The maximum absolute atomic E-state index is 13.1. The maximum Gasteiger partial charge on any atom is 0.306 e. The minimum absolute atomic E-state index is 0.0418. The van der Waals surface area contributed by atoms with Crippen molar-refractivity contribution in [3.63, 3.8) is 0 Å². The molecule has 0 saturated carbocycles. The van der Waals surface area contributed by atoms with Gasteiger partial charge < -0.3 is 20.3 Å². The van der Waals surface area contributed by atoms with Crippen molar-refractivity contribution in [3.8, 4) is 0 Å².